The van der Waals surface area contributed by atoms with Gasteiger partial charge in [-0.05, 0) is 91.2 Å². The number of allylic oxidation sites excluding steroid dienone is 3. The highest BCUT2D eigenvalue weighted by Gasteiger charge is 2.57. The molecule has 2 fully saturated rings. The molecular weight excluding hydrogens is 514 g/mol. The van der Waals surface area contributed by atoms with Gasteiger partial charge in [0.2, 0.25) is 0 Å². The molecule has 1 aromatic heterocycles. The Morgan fingerprint density at radius 3 is 2.45 bits per heavy atom. The van der Waals surface area contributed by atoms with Gasteiger partial charge >= 0.3 is 18.1 Å². The number of nitrogens with zero attached hydrogens (tertiary/aromatic N) is 1. The quantitative estimate of drug-likeness (QED) is 0.307. The fourth-order valence-electron chi connectivity index (χ4n) is 7.81. The molecule has 0 radical (unpaired) electrons. The zero-order chi connectivity index (χ0) is 29.1. The molecule has 1 aromatic rings. The number of carboxylic acid groups (broad SMARTS) is 2. The van der Waals surface area contributed by atoms with Crippen molar-refractivity contribution in [1.29, 1.82) is 0 Å². The predicted molar refractivity (Wildman–Crippen MR) is 147 cm³/mol. The summed E-state index contributed by atoms with van der Waals surface area (Å²) in [6.45, 7) is 7.18. The van der Waals surface area contributed by atoms with Crippen LogP contribution in [0, 0.1) is 28.6 Å². The van der Waals surface area contributed by atoms with Gasteiger partial charge in [0.15, 0.2) is 6.10 Å². The van der Waals surface area contributed by atoms with E-state index in [-0.39, 0.29) is 16.9 Å². The van der Waals surface area contributed by atoms with E-state index in [1.54, 1.807) is 0 Å². The van der Waals surface area contributed by atoms with Crippen LogP contribution in [0.4, 0.5) is 4.79 Å². The summed E-state index contributed by atoms with van der Waals surface area (Å²) in [6.07, 6.45) is 13.6. The maximum absolute atomic E-state index is 11.8. The fourth-order valence-corrected chi connectivity index (χ4v) is 7.81. The summed E-state index contributed by atoms with van der Waals surface area (Å²) in [5.41, 5.74) is 4.86. The molecule has 0 bridgehead atoms. The summed E-state index contributed by atoms with van der Waals surface area (Å²) >= 11 is 0. The van der Waals surface area contributed by atoms with Crippen molar-refractivity contribution in [2.24, 2.45) is 28.6 Å². The van der Waals surface area contributed by atoms with Crippen molar-refractivity contribution in [2.75, 3.05) is 6.61 Å². The third-order valence-corrected chi connectivity index (χ3v) is 9.79. The average Bonchev–Trinajstić information content (AvgIpc) is 3.27. The number of carbonyl (C=O) groups excluding carboxylic acids is 1. The van der Waals surface area contributed by atoms with Crippen molar-refractivity contribution in [1.82, 2.24) is 4.98 Å². The van der Waals surface area contributed by atoms with E-state index in [2.05, 4.69) is 43.1 Å². The molecule has 5 rings (SSSR count). The Morgan fingerprint density at radius 1 is 1.07 bits per heavy atom. The number of rotatable bonds is 6. The Bertz CT molecular complexity index is 1160. The first-order chi connectivity index (χ1) is 19.0. The lowest BCUT2D eigenvalue weighted by Gasteiger charge is -2.57. The van der Waals surface area contributed by atoms with E-state index in [0.717, 1.165) is 37.5 Å². The highest BCUT2D eigenvalue weighted by atomic mass is 16.7. The van der Waals surface area contributed by atoms with Crippen molar-refractivity contribution in [3.05, 3.63) is 47.8 Å². The molecule has 2 saturated carbocycles. The summed E-state index contributed by atoms with van der Waals surface area (Å²) in [7, 11) is 0. The summed E-state index contributed by atoms with van der Waals surface area (Å²) in [5, 5.41) is 24.1. The van der Waals surface area contributed by atoms with Gasteiger partial charge in [0, 0.05) is 18.8 Å². The number of aromatic nitrogens is 1. The second-order valence-corrected chi connectivity index (χ2v) is 11.9. The number of carbonyl (C=O) groups is 3. The van der Waals surface area contributed by atoms with E-state index < -0.39 is 30.6 Å². The van der Waals surface area contributed by atoms with E-state index in [1.807, 2.05) is 19.3 Å². The topological polar surface area (TPSA) is 143 Å². The van der Waals surface area contributed by atoms with E-state index in [0.29, 0.717) is 12.5 Å². The van der Waals surface area contributed by atoms with E-state index in [4.69, 9.17) is 24.8 Å². The molecule has 5 unspecified atom stereocenters. The molecule has 0 aliphatic heterocycles. The lowest BCUT2D eigenvalue weighted by atomic mass is 9.47. The number of hydrogen-bond donors (Lipinski definition) is 3. The molecule has 1 heterocycles. The molecule has 4 aliphatic carbocycles. The summed E-state index contributed by atoms with van der Waals surface area (Å²) < 4.78 is 10.6. The molecule has 40 heavy (non-hydrogen) atoms. The second-order valence-electron chi connectivity index (χ2n) is 11.9. The molecule has 4 aliphatic rings. The zero-order valence-corrected chi connectivity index (χ0v) is 23.5. The number of aliphatic hydroxyl groups excluding tert-OH is 1. The number of aliphatic hydroxyl groups is 1. The number of fused-ring (bicyclic) bond motifs is 5. The Balaban J connectivity index is 0.000000357. The summed E-state index contributed by atoms with van der Waals surface area (Å²) in [6, 6.07) is 4.29. The van der Waals surface area contributed by atoms with Gasteiger partial charge in [-0.1, -0.05) is 37.6 Å². The first-order valence-corrected chi connectivity index (χ1v) is 14.3. The zero-order valence-electron chi connectivity index (χ0n) is 23.5. The van der Waals surface area contributed by atoms with Crippen LogP contribution in [0.25, 0.3) is 5.57 Å². The van der Waals surface area contributed by atoms with E-state index in [9.17, 15) is 14.4 Å². The maximum atomic E-state index is 11.8. The van der Waals surface area contributed by atoms with Crippen LogP contribution >= 0.6 is 0 Å². The number of ether oxygens (including phenoxy) is 2. The standard InChI is InChI=1S/C27H35NO3.C4H6O5/c1-4-30-25(29)31-20-11-13-26(2)19(16-20)7-8-21-23-10-9-22(18-6-5-15-28-17-18)27(23,3)14-12-24(21)26;5-2(4(8)9)1-3(6)7/h5-7,9,15,17,20-21,23-24H,4,8,10-14,16H2,1-3H3;2,5H,1H2,(H,6,7)(H,8,9)/t20?,21?,23?,24?,26-,27+;/m0./s1. The maximum Gasteiger partial charge on any atom is 0.508 e. The molecule has 9 nitrogen and oxygen atoms in total. The Morgan fingerprint density at radius 2 is 1.82 bits per heavy atom. The SMILES string of the molecule is CCOC(=O)OC1CC[C@@]2(C)C(=CCC3C2CC[C@]2(C)C(c4cccnc4)=CCC32)C1.O=C(O)CC(O)C(=O)O. The van der Waals surface area contributed by atoms with Crippen molar-refractivity contribution in [3.63, 3.8) is 0 Å². The number of aliphatic carboxylic acids is 2. The minimum absolute atomic E-state index is 0.0332. The highest BCUT2D eigenvalue weighted by Crippen LogP contribution is 2.66. The van der Waals surface area contributed by atoms with Crippen LogP contribution < -0.4 is 0 Å². The Labute approximate surface area is 235 Å². The van der Waals surface area contributed by atoms with Crippen LogP contribution in [0.15, 0.2) is 42.3 Å². The van der Waals surface area contributed by atoms with Crippen LogP contribution in [0.1, 0.15) is 77.7 Å². The van der Waals surface area contributed by atoms with Crippen LogP contribution in [0.5, 0.6) is 0 Å². The van der Waals surface area contributed by atoms with Crippen molar-refractivity contribution < 1.29 is 39.2 Å². The van der Waals surface area contributed by atoms with Gasteiger partial charge in [-0.25, -0.2) is 9.59 Å². The normalized spacial score (nSPS) is 32.9. The van der Waals surface area contributed by atoms with Gasteiger partial charge in [-0.3, -0.25) is 9.78 Å². The van der Waals surface area contributed by atoms with Crippen molar-refractivity contribution in [2.45, 2.75) is 84.3 Å². The summed E-state index contributed by atoms with van der Waals surface area (Å²) in [4.78, 5) is 35.6. The monoisotopic (exact) mass is 555 g/mol. The second kappa shape index (κ2) is 12.1. The summed E-state index contributed by atoms with van der Waals surface area (Å²) in [5.74, 6) is -0.664. The predicted octanol–water partition coefficient (Wildman–Crippen LogP) is 5.49. The lowest BCUT2D eigenvalue weighted by molar-refractivity contribution is -0.152. The van der Waals surface area contributed by atoms with E-state index >= 15 is 0 Å². The van der Waals surface area contributed by atoms with Gasteiger partial charge in [0.25, 0.3) is 0 Å². The van der Waals surface area contributed by atoms with Crippen molar-refractivity contribution in [3.8, 4) is 0 Å². The minimum atomic E-state index is -1.79. The van der Waals surface area contributed by atoms with Gasteiger partial charge < -0.3 is 24.8 Å². The van der Waals surface area contributed by atoms with Gasteiger partial charge in [-0.15, -0.1) is 0 Å². The number of pyridine rings is 1. The Kier molecular flexibility index (Phi) is 9.02. The molecular formula is C31H41NO8. The van der Waals surface area contributed by atoms with Gasteiger partial charge in [-0.2, -0.15) is 0 Å². The lowest BCUT2D eigenvalue weighted by Crippen LogP contribution is -2.50. The fraction of sp³-hybridized carbons (Fsp3) is 0.613. The molecule has 3 N–H and O–H groups in total. The van der Waals surface area contributed by atoms with Crippen LogP contribution in [0.2, 0.25) is 0 Å². The van der Waals surface area contributed by atoms with E-state index in [1.165, 1.54) is 36.0 Å². The first kappa shape index (κ1) is 29.8. The molecule has 7 atom stereocenters. The molecule has 218 valence electrons. The molecule has 9 heteroatoms. The van der Waals surface area contributed by atoms with Gasteiger partial charge in [0.1, 0.15) is 6.10 Å². The number of carboxylic acids is 2. The average molecular weight is 556 g/mol. The highest BCUT2D eigenvalue weighted by molar-refractivity contribution is 5.79. The minimum Gasteiger partial charge on any atom is -0.481 e. The Hall–Kier alpha value is -3.20. The van der Waals surface area contributed by atoms with Gasteiger partial charge in [0.05, 0.1) is 13.0 Å². The molecule has 0 saturated heterocycles. The molecule has 0 spiro atoms. The smallest absolute Gasteiger partial charge is 0.481 e. The van der Waals surface area contributed by atoms with Crippen LogP contribution in [-0.4, -0.2) is 57.2 Å². The van der Waals surface area contributed by atoms with Crippen molar-refractivity contribution >= 4 is 23.7 Å². The largest absolute Gasteiger partial charge is 0.508 e. The van der Waals surface area contributed by atoms with Crippen LogP contribution in [-0.2, 0) is 19.1 Å². The first-order valence-electron chi connectivity index (χ1n) is 14.3. The molecule has 0 amide bonds. The van der Waals surface area contributed by atoms with Crippen LogP contribution in [0.3, 0.4) is 0 Å². The molecule has 0 aromatic carbocycles. The third kappa shape index (κ3) is 5.94. The number of hydrogen-bond acceptors (Lipinski definition) is 7. The third-order valence-electron chi connectivity index (χ3n) is 9.79.